The van der Waals surface area contributed by atoms with E-state index in [0.717, 1.165) is 34.1 Å². The second kappa shape index (κ2) is 16.7. The molecule has 6 aromatic rings. The van der Waals surface area contributed by atoms with Crippen molar-refractivity contribution in [1.29, 1.82) is 10.5 Å². The van der Waals surface area contributed by atoms with Crippen LogP contribution in [0.4, 0.5) is 40.6 Å². The number of nitrogen functional groups attached to an aromatic ring is 1. The third-order valence-electron chi connectivity index (χ3n) is 7.78. The summed E-state index contributed by atoms with van der Waals surface area (Å²) in [5, 5.41) is 41.2. The summed E-state index contributed by atoms with van der Waals surface area (Å²) in [6, 6.07) is 26.7. The van der Waals surface area contributed by atoms with Gasteiger partial charge in [0.1, 0.15) is 11.6 Å². The number of nitrogens with zero attached hydrogens (tertiary/aromatic N) is 8. The van der Waals surface area contributed by atoms with Crippen molar-refractivity contribution < 1.29 is 0 Å². The molecule has 2 aliphatic carbocycles. The van der Waals surface area contributed by atoms with Gasteiger partial charge >= 0.3 is 0 Å². The Morgan fingerprint density at radius 3 is 1.69 bits per heavy atom. The Labute approximate surface area is 299 Å². The molecule has 2 saturated carbocycles. The van der Waals surface area contributed by atoms with Crippen molar-refractivity contribution in [2.24, 2.45) is 0 Å². The highest BCUT2D eigenvalue weighted by Gasteiger charge is 2.26. The van der Waals surface area contributed by atoms with Crippen molar-refractivity contribution in [3.8, 4) is 12.1 Å². The molecule has 2 aromatic carbocycles. The minimum atomic E-state index is 0.225. The molecular formula is C36H35ClN14. The van der Waals surface area contributed by atoms with E-state index < -0.39 is 0 Å². The van der Waals surface area contributed by atoms with E-state index in [0.29, 0.717) is 42.3 Å². The fraction of sp³-hybridized carbons (Fsp3) is 0.222. The lowest BCUT2D eigenvalue weighted by Gasteiger charge is -2.07. The van der Waals surface area contributed by atoms with Crippen molar-refractivity contribution in [1.82, 2.24) is 40.3 Å². The van der Waals surface area contributed by atoms with Crippen LogP contribution in [0.2, 0.25) is 5.28 Å². The summed E-state index contributed by atoms with van der Waals surface area (Å²) in [7, 11) is 0. The van der Waals surface area contributed by atoms with Gasteiger partial charge in [-0.1, -0.05) is 24.3 Å². The van der Waals surface area contributed by atoms with E-state index in [1.807, 2.05) is 48.5 Å². The van der Waals surface area contributed by atoms with Crippen molar-refractivity contribution in [3.05, 3.63) is 113 Å². The molecule has 0 saturated heterocycles. The molecule has 15 heteroatoms. The first-order chi connectivity index (χ1) is 24.9. The Morgan fingerprint density at radius 2 is 1.18 bits per heavy atom. The monoisotopic (exact) mass is 698 g/mol. The van der Waals surface area contributed by atoms with Crippen LogP contribution in [-0.2, 0) is 12.8 Å². The minimum absolute atomic E-state index is 0.225. The number of nitrogens with two attached hydrogens (primary N) is 1. The van der Waals surface area contributed by atoms with Crippen LogP contribution in [0.15, 0.2) is 85.2 Å². The lowest BCUT2D eigenvalue weighted by atomic mass is 10.1. The quantitative estimate of drug-likeness (QED) is 0.0607. The number of halogens is 1. The fourth-order valence-electron chi connectivity index (χ4n) is 4.82. The van der Waals surface area contributed by atoms with Crippen LogP contribution in [0.5, 0.6) is 0 Å². The summed E-state index contributed by atoms with van der Waals surface area (Å²) < 4.78 is 0. The average Bonchev–Trinajstić information content (AvgIpc) is 4.07. The highest BCUT2D eigenvalue weighted by atomic mass is 35.5. The van der Waals surface area contributed by atoms with Gasteiger partial charge in [0.2, 0.25) is 11.2 Å². The van der Waals surface area contributed by atoms with E-state index >= 15 is 0 Å². The third kappa shape index (κ3) is 10.7. The second-order valence-corrected chi connectivity index (χ2v) is 12.3. The normalized spacial score (nSPS) is 12.9. The Morgan fingerprint density at radius 1 is 0.667 bits per heavy atom. The van der Waals surface area contributed by atoms with Gasteiger partial charge in [-0.2, -0.15) is 25.7 Å². The van der Waals surface area contributed by atoms with Crippen LogP contribution in [0.1, 0.15) is 60.0 Å². The molecule has 2 fully saturated rings. The van der Waals surface area contributed by atoms with Gasteiger partial charge in [0, 0.05) is 59.1 Å². The van der Waals surface area contributed by atoms with Crippen LogP contribution >= 0.6 is 11.6 Å². The van der Waals surface area contributed by atoms with Gasteiger partial charge < -0.3 is 21.7 Å². The van der Waals surface area contributed by atoms with Gasteiger partial charge in [-0.15, -0.1) is 0 Å². The number of nitrogens with one attached hydrogen (secondary N) is 5. The van der Waals surface area contributed by atoms with E-state index in [2.05, 4.69) is 68.4 Å². The zero-order valence-electron chi connectivity index (χ0n) is 27.5. The van der Waals surface area contributed by atoms with Gasteiger partial charge in [-0.25, -0.2) is 15.0 Å². The number of hydrogen-bond acceptors (Lipinski definition) is 12. The molecule has 4 heterocycles. The van der Waals surface area contributed by atoms with Crippen LogP contribution in [0, 0.1) is 22.7 Å². The van der Waals surface area contributed by atoms with E-state index in [1.54, 1.807) is 36.7 Å². The van der Waals surface area contributed by atoms with Crippen molar-refractivity contribution in [3.63, 3.8) is 0 Å². The van der Waals surface area contributed by atoms with Crippen LogP contribution < -0.4 is 21.7 Å². The molecular weight excluding hydrogens is 664 g/mol. The SMILES string of the molecule is Clc1nccc(Nc2cc(C3CC3)[nH]n2)n1.N#CCc1ccc(N)cc1.N#CCc1ccc(Nc2nccc(Nc3cc(C4CC4)[nH]n3)n2)cc1. The van der Waals surface area contributed by atoms with E-state index in [4.69, 9.17) is 27.9 Å². The number of aromatic amines is 2. The Hall–Kier alpha value is -6.51. The Balaban J connectivity index is 0.000000147. The zero-order chi connectivity index (χ0) is 35.4. The molecule has 0 spiro atoms. The predicted octanol–water partition coefficient (Wildman–Crippen LogP) is 7.44. The first kappa shape index (κ1) is 34.4. The smallest absolute Gasteiger partial charge is 0.229 e. The zero-order valence-corrected chi connectivity index (χ0v) is 28.3. The molecule has 0 unspecified atom stereocenters. The number of benzene rings is 2. The molecule has 51 heavy (non-hydrogen) atoms. The predicted molar refractivity (Wildman–Crippen MR) is 196 cm³/mol. The summed E-state index contributed by atoms with van der Waals surface area (Å²) in [6.45, 7) is 0. The first-order valence-electron chi connectivity index (χ1n) is 16.3. The number of H-pyrrole nitrogens is 2. The third-order valence-corrected chi connectivity index (χ3v) is 7.96. The van der Waals surface area contributed by atoms with Gasteiger partial charge in [-0.05, 0) is 84.8 Å². The lowest BCUT2D eigenvalue weighted by Crippen LogP contribution is -2.00. The molecule has 256 valence electrons. The molecule has 2 aliphatic rings. The number of aromatic nitrogens is 8. The van der Waals surface area contributed by atoms with Gasteiger partial charge in [0.05, 0.1) is 25.0 Å². The molecule has 0 bridgehead atoms. The Bertz CT molecular complexity index is 2100. The summed E-state index contributed by atoms with van der Waals surface area (Å²) in [5.41, 5.74) is 11.4. The fourth-order valence-corrected chi connectivity index (χ4v) is 4.96. The molecule has 7 N–H and O–H groups in total. The molecule has 0 radical (unpaired) electrons. The maximum absolute atomic E-state index is 8.71. The van der Waals surface area contributed by atoms with Crippen LogP contribution in [0.3, 0.4) is 0 Å². The van der Waals surface area contributed by atoms with Crippen LogP contribution in [0.25, 0.3) is 0 Å². The van der Waals surface area contributed by atoms with Gasteiger partial charge in [0.25, 0.3) is 0 Å². The summed E-state index contributed by atoms with van der Waals surface area (Å²) in [6.07, 6.45) is 9.12. The van der Waals surface area contributed by atoms with Crippen molar-refractivity contribution in [2.45, 2.75) is 50.4 Å². The number of anilines is 7. The van der Waals surface area contributed by atoms with Crippen LogP contribution in [-0.4, -0.2) is 40.3 Å². The molecule has 4 aromatic heterocycles. The maximum Gasteiger partial charge on any atom is 0.229 e. The molecule has 8 rings (SSSR count). The van der Waals surface area contributed by atoms with Gasteiger partial charge in [-0.3, -0.25) is 10.2 Å². The standard InChI is InChI=1S/C18H17N7.C10H10ClN5.C8H8N2/c19-9-7-12-1-5-14(6-2-12)21-18-20-10-8-16(23-18)22-17-11-15(24-25-17)13-3-4-13;11-10-12-4-3-8(14-10)13-9-5-7(15-16-9)6-1-2-6;9-6-5-7-1-3-8(10)4-2-7/h1-2,5-6,8,10-11,13H,3-4,7H2,(H3,20,21,22,23,24,25);3-6H,1-2H2,(H2,12,13,14,15,16);1-4H,5,10H2. The summed E-state index contributed by atoms with van der Waals surface area (Å²) in [5.74, 6) is 4.63. The average molecular weight is 699 g/mol. The maximum atomic E-state index is 8.71. The summed E-state index contributed by atoms with van der Waals surface area (Å²) in [4.78, 5) is 16.5. The van der Waals surface area contributed by atoms with Crippen molar-refractivity contribution >= 4 is 52.2 Å². The highest BCUT2D eigenvalue weighted by Crippen LogP contribution is 2.40. The first-order valence-corrected chi connectivity index (χ1v) is 16.7. The minimum Gasteiger partial charge on any atom is -0.399 e. The molecule has 0 amide bonds. The van der Waals surface area contributed by atoms with E-state index in [-0.39, 0.29) is 5.28 Å². The topological polar surface area (TPSA) is 219 Å². The number of rotatable bonds is 10. The number of nitriles is 2. The lowest BCUT2D eigenvalue weighted by molar-refractivity contribution is 0.966. The second-order valence-electron chi connectivity index (χ2n) is 11.9. The largest absolute Gasteiger partial charge is 0.399 e. The van der Waals surface area contributed by atoms with Gasteiger partial charge in [0.15, 0.2) is 11.6 Å². The van der Waals surface area contributed by atoms with E-state index in [1.165, 1.54) is 37.1 Å². The molecule has 0 aliphatic heterocycles. The Kier molecular flexibility index (Phi) is 11.3. The van der Waals surface area contributed by atoms with Crippen molar-refractivity contribution in [2.75, 3.05) is 21.7 Å². The highest BCUT2D eigenvalue weighted by molar-refractivity contribution is 6.28. The molecule has 14 nitrogen and oxygen atoms in total. The molecule has 0 atom stereocenters. The summed E-state index contributed by atoms with van der Waals surface area (Å²) >= 11 is 5.69. The van der Waals surface area contributed by atoms with E-state index in [9.17, 15) is 0 Å². The number of hydrogen-bond donors (Lipinski definition) is 6.